The number of piperidine rings is 8. The van der Waals surface area contributed by atoms with Crippen LogP contribution in [0.1, 0.15) is 201 Å². The number of hydrogen-bond donors (Lipinski definition) is 14. The summed E-state index contributed by atoms with van der Waals surface area (Å²) < 4.78 is 10.4. The van der Waals surface area contributed by atoms with Gasteiger partial charge in [0, 0.05) is 124 Å². The molecule has 0 spiro atoms. The quantitative estimate of drug-likeness (QED) is 0.0621. The second-order valence-electron chi connectivity index (χ2n) is 39.1. The van der Waals surface area contributed by atoms with Gasteiger partial charge >= 0.3 is 83.6 Å². The smallest absolute Gasteiger partial charge is 0.413 e. The van der Waals surface area contributed by atoms with E-state index in [0.29, 0.717) is 127 Å². The van der Waals surface area contributed by atoms with Crippen LogP contribution in [0.15, 0.2) is 49.1 Å². The number of likely N-dealkylation sites (tertiary alicyclic amines) is 7. The summed E-state index contributed by atoms with van der Waals surface area (Å²) in [6.45, 7) is 34.7. The fourth-order valence-corrected chi connectivity index (χ4v) is 18.8. The first kappa shape index (κ1) is 109. The summed E-state index contributed by atoms with van der Waals surface area (Å²) in [5.74, 6) is -2.11. The van der Waals surface area contributed by atoms with Gasteiger partial charge in [-0.15, -0.1) is 0 Å². The Morgan fingerprint density at radius 3 is 1.12 bits per heavy atom. The molecule has 16 N–H and O–H groups in total. The molecule has 8 saturated heterocycles. The molecule has 0 saturated carbocycles. The summed E-state index contributed by atoms with van der Waals surface area (Å²) in [7, 11) is 6.60. The molecule has 4 unspecified atom stereocenters. The van der Waals surface area contributed by atoms with E-state index in [1.54, 1.807) is 139 Å². The monoisotopic (exact) mass is 1900 g/mol. The van der Waals surface area contributed by atoms with Crippen LogP contribution in [0.25, 0.3) is 0 Å². The number of nitrogens with two attached hydrogens (primary N) is 2. The van der Waals surface area contributed by atoms with Crippen LogP contribution >= 0.6 is 0 Å². The van der Waals surface area contributed by atoms with Gasteiger partial charge in [-0.3, -0.25) is 44.2 Å². The summed E-state index contributed by atoms with van der Waals surface area (Å²) in [6, 6.07) is 6.95. The zero-order chi connectivity index (χ0) is 100. The molecule has 4 aromatic rings. The van der Waals surface area contributed by atoms with Gasteiger partial charge in [0.1, 0.15) is 34.5 Å². The molecule has 0 bridgehead atoms. The molecule has 12 atom stereocenters. The number of pyridine rings is 4. The lowest BCUT2D eigenvalue weighted by molar-refractivity contribution is -0.148. The van der Waals surface area contributed by atoms with E-state index in [0.717, 1.165) is 133 Å². The lowest BCUT2D eigenvalue weighted by Gasteiger charge is -2.45. The molecule has 17 amide bonds. The number of urea groups is 4. The third-order valence-corrected chi connectivity index (χ3v) is 25.8. The second kappa shape index (κ2) is 50.9. The summed E-state index contributed by atoms with van der Waals surface area (Å²) in [6.07, 6.45) is 20.8. The average molecular weight is 1900 g/mol. The number of nitrogen functional groups attached to an aromatic ring is 2. The summed E-state index contributed by atoms with van der Waals surface area (Å²) in [5, 5.41) is 38.3. The average Bonchev–Trinajstić information content (AvgIpc) is 0.796. The molecule has 8 aliphatic heterocycles. The van der Waals surface area contributed by atoms with E-state index < -0.39 is 70.7 Å². The van der Waals surface area contributed by atoms with Crippen LogP contribution in [-0.4, -0.2) is 285 Å². The van der Waals surface area contributed by atoms with Crippen molar-refractivity contribution in [2.45, 2.75) is 241 Å². The molecule has 41 nitrogen and oxygen atoms in total. The van der Waals surface area contributed by atoms with Crippen molar-refractivity contribution in [3.8, 4) is 0 Å². The van der Waals surface area contributed by atoms with Gasteiger partial charge in [0.25, 0.3) is 0 Å². The van der Waals surface area contributed by atoms with Crippen LogP contribution in [0.5, 0.6) is 0 Å². The van der Waals surface area contributed by atoms with Crippen molar-refractivity contribution in [2.24, 2.45) is 47.3 Å². The number of carbonyl (C=O) groups is 14. The predicted octanol–water partition coefficient (Wildman–Crippen LogP) is 9.97. The maximum Gasteiger partial charge on any atom is 0.413 e. The maximum absolute atomic E-state index is 13.3. The Balaban J connectivity index is 0.000000213. The Morgan fingerprint density at radius 2 is 0.735 bits per heavy atom. The lowest BCUT2D eigenvalue weighted by atomic mass is 9.82. The van der Waals surface area contributed by atoms with E-state index in [-0.39, 0.29) is 71.6 Å². The third-order valence-electron chi connectivity index (χ3n) is 25.8. The first-order chi connectivity index (χ1) is 64.3. The Kier molecular flexibility index (Phi) is 40.8. The number of hydrogen-bond acceptors (Lipinski definition) is 23. The number of carboxylic acid groups (broad SMARTS) is 1. The molecule has 4 aromatic heterocycles. The molecule has 0 aliphatic carbocycles. The van der Waals surface area contributed by atoms with Crippen molar-refractivity contribution < 1.29 is 81.7 Å². The van der Waals surface area contributed by atoms with Gasteiger partial charge in [-0.2, -0.15) is 0 Å². The minimum atomic E-state index is -1.59. The van der Waals surface area contributed by atoms with Crippen molar-refractivity contribution in [2.75, 3.05) is 150 Å². The number of aromatic nitrogens is 4. The van der Waals surface area contributed by atoms with Gasteiger partial charge in [-0.25, -0.2) is 53.5 Å². The van der Waals surface area contributed by atoms with Crippen LogP contribution in [0.4, 0.5) is 74.8 Å². The molecule has 12 heterocycles. The fraction of sp³-hybridized carbons (Fsp3) is 0.642. The van der Waals surface area contributed by atoms with Gasteiger partial charge < -0.3 is 108 Å². The van der Waals surface area contributed by atoms with Crippen LogP contribution in [-0.2, 0) is 54.3 Å². The van der Waals surface area contributed by atoms with Crippen molar-refractivity contribution in [3.63, 3.8) is 0 Å². The molecule has 0 aromatic carbocycles. The Hall–Kier alpha value is -12.5. The normalized spacial score (nSPS) is 22.8. The van der Waals surface area contributed by atoms with E-state index in [1.807, 2.05) is 16.7 Å². The molecular weight excluding hydrogens is 1750 g/mol. The number of ether oxygens (including phenoxy) is 2. The van der Waals surface area contributed by atoms with E-state index >= 15 is 0 Å². The number of nitrogens with zero attached hydrogens (tertiary/aromatic N) is 11. The highest BCUT2D eigenvalue weighted by atomic mass is 16.6. The topological polar surface area (TPSA) is 536 Å². The van der Waals surface area contributed by atoms with Gasteiger partial charge in [0.15, 0.2) is 0 Å². The van der Waals surface area contributed by atoms with E-state index in [1.165, 1.54) is 44.0 Å². The Bertz CT molecular complexity index is 4830. The van der Waals surface area contributed by atoms with Crippen LogP contribution in [0.3, 0.4) is 0 Å². The number of anilines is 8. The van der Waals surface area contributed by atoms with Crippen molar-refractivity contribution >= 4 is 130 Å². The standard InChI is InChI=1S/C26H40N6O5.2C21H32N6O3.C14H19N3O5.C13H25N3O/c1-16-9-10-20(18-8-7-11-31(15-18)24(35)27-6)32(14-16)23(34)22(33)29-19-12-17(2)21(28-13-19)30-25(36)37-26(3,4)5;1-13-6-7-17(15-5-4-8-26(12-15)21(30)23-3)27(11-13)20(29)19(28)25-16-9-14(2)18(22)24-10-16;1-13-6-7-17(27(11-13)21(30)23-3)15-5-4-8-26(12-15)20(29)19(28)25-16-9-14(2)18(22)24-10-16;1-5-8-6-9(16-11(18)12(19)20)7-15-10(8)17-13(21)22-14(2,3)4;1-10-5-6-12(15-8-10)11-4-3-7-16(9-11)13(17)14-2/h12-13,16,18,20H,7-11,14-15H2,1-6H3,(H,27,35)(H,29,33)(H,28,30,36);2*9-10,13,15,17H,4-8,11-12H2,1-3H3,(H2,22,24)(H,23,30)(H,25,28);6-7H,5H2,1-4H3,(H,16,18)(H,19,20)(H,15,17,21);10-12,15H,3-9H2,1-2H3,(H,14,17)/t16-,18?,20+;2*13-,15?,17+;;10-,11?,12+/m001.0/s1. The van der Waals surface area contributed by atoms with Crippen LogP contribution in [0.2, 0.25) is 0 Å². The van der Waals surface area contributed by atoms with Crippen molar-refractivity contribution in [3.05, 3.63) is 71.3 Å². The van der Waals surface area contributed by atoms with Gasteiger partial charge in [-0.1, -0.05) is 34.6 Å². The molecule has 41 heteroatoms. The molecule has 8 fully saturated rings. The highest BCUT2D eigenvalue weighted by Gasteiger charge is 2.44. The highest BCUT2D eigenvalue weighted by Crippen LogP contribution is 2.37. The predicted molar refractivity (Wildman–Crippen MR) is 518 cm³/mol. The molecule has 136 heavy (non-hydrogen) atoms. The minimum absolute atomic E-state index is 0.0433. The van der Waals surface area contributed by atoms with E-state index in [4.69, 9.17) is 26.0 Å². The minimum Gasteiger partial charge on any atom is -0.474 e. The molecule has 0 radical (unpaired) electrons. The number of amides is 17. The fourth-order valence-electron chi connectivity index (χ4n) is 18.8. The van der Waals surface area contributed by atoms with Crippen molar-refractivity contribution in [1.29, 1.82) is 0 Å². The second-order valence-corrected chi connectivity index (χ2v) is 39.1. The number of nitrogens with one attached hydrogen (secondary N) is 11. The van der Waals surface area contributed by atoms with Crippen LogP contribution < -0.4 is 70.0 Å². The maximum atomic E-state index is 13.3. The summed E-state index contributed by atoms with van der Waals surface area (Å²) >= 11 is 0. The zero-order valence-corrected chi connectivity index (χ0v) is 82.6. The molecule has 750 valence electrons. The molecule has 12 rings (SSSR count). The van der Waals surface area contributed by atoms with Gasteiger partial charge in [0.05, 0.1) is 47.5 Å². The van der Waals surface area contributed by atoms with Gasteiger partial charge in [-0.05, 0) is 272 Å². The van der Waals surface area contributed by atoms with Crippen molar-refractivity contribution in [1.82, 2.24) is 80.8 Å². The molecular formula is C95H148N24O17. The SMILES string of the molecule is CCc1cc(NC(=O)C(=O)O)cnc1NC(=O)OC(C)(C)C.CNC(=O)N1CCCC([C@H]2CC[C@H](C)CN2)C1.CNC(=O)N1CCCC([C@H]2CC[C@H](C)CN2C(=O)C(=O)Nc2cnc(N)c(C)c2)C1.CNC(=O)N1CCCC([C@H]2CC[C@H](C)CN2C(=O)C(=O)Nc2cnc(NC(=O)OC(C)(C)C)c(C)c2)C1.CNC(=O)N1C[C@H](C)CC[C@H]1C1CCCN(C(=O)C(=O)Nc2cnc(N)c(C)c2)C1. The van der Waals surface area contributed by atoms with E-state index in [9.17, 15) is 67.1 Å². The Labute approximate surface area is 798 Å². The lowest BCUT2D eigenvalue weighted by Crippen LogP contribution is -2.56. The summed E-state index contributed by atoms with van der Waals surface area (Å²) in [5.41, 5.74) is 14.3. The molecule has 8 aliphatic rings. The third kappa shape index (κ3) is 32.7. The van der Waals surface area contributed by atoms with Gasteiger partial charge in [0.2, 0.25) is 0 Å². The number of carbonyl (C=O) groups excluding carboxylic acids is 13. The summed E-state index contributed by atoms with van der Waals surface area (Å²) in [4.78, 5) is 200. The largest absolute Gasteiger partial charge is 0.474 e. The number of aliphatic carboxylic acids is 1. The number of aryl methyl sites for hydroxylation is 4. The first-order valence-corrected chi connectivity index (χ1v) is 47.7. The number of rotatable bonds is 11. The first-order valence-electron chi connectivity index (χ1n) is 47.7. The Morgan fingerprint density at radius 1 is 0.397 bits per heavy atom. The van der Waals surface area contributed by atoms with E-state index in [2.05, 4.69) is 106 Å². The highest BCUT2D eigenvalue weighted by molar-refractivity contribution is 6.41. The van der Waals surface area contributed by atoms with Crippen LogP contribution in [0, 0.1) is 68.1 Å². The number of carboxylic acids is 1. The zero-order valence-electron chi connectivity index (χ0n) is 82.6.